The standard InChI is InChI=1S/C19H25FN4O2.C2H3N.C2H6/c1-10-16-14(18(25)22-19(26)24(16)13-4-5-13)8-15(20)17(10)23-7-6-12(9-23)11(2)21-3;1-2-3;1-2/h8,11-13,21H,4-7,9H2,1-3H3,(H,22,25,26);1H3;1-2H3. The molecule has 2 aliphatic rings. The number of hydrogen-bond acceptors (Lipinski definition) is 5. The normalized spacial score (nSPS) is 18.5. The van der Waals surface area contributed by atoms with Crippen LogP contribution in [0.15, 0.2) is 15.7 Å². The van der Waals surface area contributed by atoms with Crippen molar-refractivity contribution in [3.8, 4) is 6.07 Å². The molecule has 2 unspecified atom stereocenters. The van der Waals surface area contributed by atoms with E-state index in [4.69, 9.17) is 5.26 Å². The molecule has 31 heavy (non-hydrogen) atoms. The van der Waals surface area contributed by atoms with Gasteiger partial charge in [0.25, 0.3) is 5.56 Å². The largest absolute Gasteiger partial charge is 0.369 e. The summed E-state index contributed by atoms with van der Waals surface area (Å²) in [5.74, 6) is 0.0542. The van der Waals surface area contributed by atoms with Crippen LogP contribution in [-0.2, 0) is 0 Å². The fourth-order valence-electron chi connectivity index (χ4n) is 4.27. The molecule has 4 rings (SSSR count). The maximum atomic E-state index is 15.0. The summed E-state index contributed by atoms with van der Waals surface area (Å²) in [6.07, 6.45) is 2.82. The zero-order chi connectivity index (χ0) is 23.3. The number of H-pyrrole nitrogens is 1. The lowest BCUT2D eigenvalue weighted by Gasteiger charge is -2.25. The van der Waals surface area contributed by atoms with Crippen LogP contribution >= 0.6 is 0 Å². The molecule has 170 valence electrons. The molecule has 0 spiro atoms. The van der Waals surface area contributed by atoms with Crippen LogP contribution < -0.4 is 21.5 Å². The monoisotopic (exact) mass is 431 g/mol. The molecule has 2 fully saturated rings. The number of aryl methyl sites for hydroxylation is 1. The fraction of sp³-hybridized carbons (Fsp3) is 0.609. The predicted molar refractivity (Wildman–Crippen MR) is 123 cm³/mol. The molecule has 8 heteroatoms. The van der Waals surface area contributed by atoms with Crippen molar-refractivity contribution in [3.05, 3.63) is 38.3 Å². The van der Waals surface area contributed by atoms with Crippen LogP contribution in [0.25, 0.3) is 10.9 Å². The average molecular weight is 432 g/mol. The molecular formula is C23H34FN5O2. The SMILES string of the molecule is CC.CC#N.CNC(C)C1CCN(c2c(F)cc3c(=O)[nH]c(=O)n(C4CC4)c3c2C)C1. The second kappa shape index (κ2) is 10.6. The molecule has 2 heterocycles. The van der Waals surface area contributed by atoms with E-state index < -0.39 is 11.2 Å². The molecule has 2 aromatic rings. The van der Waals surface area contributed by atoms with Gasteiger partial charge in [-0.25, -0.2) is 9.18 Å². The van der Waals surface area contributed by atoms with Gasteiger partial charge in [-0.15, -0.1) is 0 Å². The maximum absolute atomic E-state index is 15.0. The Balaban J connectivity index is 0.000000630. The highest BCUT2D eigenvalue weighted by atomic mass is 19.1. The average Bonchev–Trinajstić information content (AvgIpc) is 3.47. The highest BCUT2D eigenvalue weighted by molar-refractivity contribution is 5.87. The summed E-state index contributed by atoms with van der Waals surface area (Å²) in [6, 6.07) is 3.51. The Morgan fingerprint density at radius 2 is 1.90 bits per heavy atom. The van der Waals surface area contributed by atoms with E-state index in [1.165, 1.54) is 13.0 Å². The summed E-state index contributed by atoms with van der Waals surface area (Å²) < 4.78 is 16.6. The summed E-state index contributed by atoms with van der Waals surface area (Å²) in [6.45, 7) is 10.9. The molecule has 1 saturated heterocycles. The minimum absolute atomic E-state index is 0.106. The van der Waals surface area contributed by atoms with Crippen molar-refractivity contribution in [2.24, 2.45) is 5.92 Å². The third-order valence-electron chi connectivity index (χ3n) is 6.00. The van der Waals surface area contributed by atoms with Crippen LogP contribution in [0.3, 0.4) is 0 Å². The quantitative estimate of drug-likeness (QED) is 0.773. The number of benzene rings is 1. The number of rotatable bonds is 4. The van der Waals surface area contributed by atoms with E-state index in [0.717, 1.165) is 32.4 Å². The summed E-state index contributed by atoms with van der Waals surface area (Å²) in [5, 5.41) is 10.9. The van der Waals surface area contributed by atoms with Crippen molar-refractivity contribution in [1.82, 2.24) is 14.9 Å². The Labute approximate surface area is 182 Å². The van der Waals surface area contributed by atoms with E-state index in [9.17, 15) is 14.0 Å². The summed E-state index contributed by atoms with van der Waals surface area (Å²) in [4.78, 5) is 29.0. The first-order chi connectivity index (χ1) is 14.8. The molecule has 2 atom stereocenters. The first-order valence-corrected chi connectivity index (χ1v) is 11.0. The maximum Gasteiger partial charge on any atom is 0.329 e. The molecule has 0 amide bonds. The number of nitrogens with one attached hydrogen (secondary N) is 2. The van der Waals surface area contributed by atoms with Crippen LogP contribution in [0.5, 0.6) is 0 Å². The predicted octanol–water partition coefficient (Wildman–Crippen LogP) is 3.46. The minimum Gasteiger partial charge on any atom is -0.369 e. The van der Waals surface area contributed by atoms with Crippen LogP contribution in [0.2, 0.25) is 0 Å². The Hall–Kier alpha value is -2.66. The summed E-state index contributed by atoms with van der Waals surface area (Å²) >= 11 is 0. The number of halogens is 1. The van der Waals surface area contributed by atoms with E-state index >= 15 is 0 Å². The van der Waals surface area contributed by atoms with Crippen LogP contribution in [0.4, 0.5) is 10.1 Å². The van der Waals surface area contributed by atoms with Gasteiger partial charge in [0, 0.05) is 37.7 Å². The van der Waals surface area contributed by atoms with Crippen LogP contribution in [0, 0.1) is 30.0 Å². The van der Waals surface area contributed by atoms with Gasteiger partial charge < -0.3 is 10.2 Å². The number of aromatic amines is 1. The molecule has 1 aromatic carbocycles. The van der Waals surface area contributed by atoms with E-state index in [2.05, 4.69) is 22.1 Å². The van der Waals surface area contributed by atoms with Gasteiger partial charge in [-0.1, -0.05) is 13.8 Å². The van der Waals surface area contributed by atoms with E-state index in [-0.39, 0.29) is 17.2 Å². The smallest absolute Gasteiger partial charge is 0.329 e. The first-order valence-electron chi connectivity index (χ1n) is 11.0. The molecule has 1 saturated carbocycles. The third-order valence-corrected chi connectivity index (χ3v) is 6.00. The second-order valence-electron chi connectivity index (χ2n) is 7.88. The van der Waals surface area contributed by atoms with Gasteiger partial charge in [0.15, 0.2) is 0 Å². The van der Waals surface area contributed by atoms with Crippen LogP contribution in [-0.4, -0.2) is 35.7 Å². The van der Waals surface area contributed by atoms with Gasteiger partial charge in [0.2, 0.25) is 0 Å². The summed E-state index contributed by atoms with van der Waals surface area (Å²) in [5.41, 5.74) is 0.894. The zero-order valence-electron chi connectivity index (χ0n) is 19.4. The highest BCUT2D eigenvalue weighted by Gasteiger charge is 2.32. The Bertz CT molecular complexity index is 1060. The van der Waals surface area contributed by atoms with Crippen molar-refractivity contribution in [3.63, 3.8) is 0 Å². The Morgan fingerprint density at radius 1 is 1.29 bits per heavy atom. The Morgan fingerprint density at radius 3 is 2.45 bits per heavy atom. The molecule has 1 aromatic heterocycles. The molecule has 7 nitrogen and oxygen atoms in total. The number of nitriles is 1. The number of anilines is 1. The minimum atomic E-state index is -0.515. The number of aromatic nitrogens is 2. The van der Waals surface area contributed by atoms with Crippen LogP contribution in [0.1, 0.15) is 58.6 Å². The number of nitrogens with zero attached hydrogens (tertiary/aromatic N) is 3. The van der Waals surface area contributed by atoms with Gasteiger partial charge in [-0.3, -0.25) is 14.3 Å². The van der Waals surface area contributed by atoms with Crippen molar-refractivity contribution in [1.29, 1.82) is 5.26 Å². The molecule has 1 aliphatic carbocycles. The number of hydrogen-bond donors (Lipinski definition) is 2. The second-order valence-corrected chi connectivity index (χ2v) is 7.88. The molecule has 0 radical (unpaired) electrons. The lowest BCUT2D eigenvalue weighted by Crippen LogP contribution is -2.33. The number of fused-ring (bicyclic) bond motifs is 1. The van der Waals surface area contributed by atoms with E-state index in [0.29, 0.717) is 28.7 Å². The first kappa shape index (κ1) is 24.6. The molecular weight excluding hydrogens is 397 g/mol. The molecule has 0 bridgehead atoms. The molecule has 2 N–H and O–H groups in total. The van der Waals surface area contributed by atoms with Crippen molar-refractivity contribution in [2.45, 2.75) is 66.0 Å². The zero-order valence-corrected chi connectivity index (χ0v) is 19.4. The van der Waals surface area contributed by atoms with Gasteiger partial charge in [0.05, 0.1) is 22.7 Å². The lowest BCUT2D eigenvalue weighted by atomic mass is 10.0. The summed E-state index contributed by atoms with van der Waals surface area (Å²) in [7, 11) is 1.94. The van der Waals surface area contributed by atoms with Gasteiger partial charge in [-0.05, 0) is 52.1 Å². The molecule has 1 aliphatic heterocycles. The third kappa shape index (κ3) is 4.99. The Kier molecular flexibility index (Phi) is 8.40. The van der Waals surface area contributed by atoms with Gasteiger partial charge in [0.1, 0.15) is 5.82 Å². The van der Waals surface area contributed by atoms with Crippen molar-refractivity contribution >= 4 is 16.6 Å². The van der Waals surface area contributed by atoms with Gasteiger partial charge >= 0.3 is 5.69 Å². The van der Waals surface area contributed by atoms with Gasteiger partial charge in [-0.2, -0.15) is 5.26 Å². The van der Waals surface area contributed by atoms with Crippen molar-refractivity contribution in [2.75, 3.05) is 25.0 Å². The van der Waals surface area contributed by atoms with E-state index in [1.54, 1.807) is 10.6 Å². The lowest BCUT2D eigenvalue weighted by molar-refractivity contribution is 0.428. The van der Waals surface area contributed by atoms with Crippen molar-refractivity contribution < 1.29 is 4.39 Å². The fourth-order valence-corrected chi connectivity index (χ4v) is 4.27. The van der Waals surface area contributed by atoms with E-state index in [1.807, 2.05) is 27.8 Å². The highest BCUT2D eigenvalue weighted by Crippen LogP contribution is 2.39. The topological polar surface area (TPSA) is 93.9 Å².